The number of nitrogens with one attached hydrogen (secondary N) is 1. The Labute approximate surface area is 261 Å². The van der Waals surface area contributed by atoms with Crippen LogP contribution in [0.4, 0.5) is 0 Å². The molecule has 1 unspecified atom stereocenters. The molecule has 2 rings (SSSR count). The number of allylic oxidation sites excluding steroid dienone is 1. The van der Waals surface area contributed by atoms with Gasteiger partial charge in [-0.1, -0.05) is 31.8 Å². The molecule has 14 nitrogen and oxygen atoms in total. The zero-order valence-corrected chi connectivity index (χ0v) is 27.4. The first-order valence-electron chi connectivity index (χ1n) is 15.9. The highest BCUT2D eigenvalue weighted by molar-refractivity contribution is 7.51. The third-order valence-electron chi connectivity index (χ3n) is 8.10. The highest BCUT2D eigenvalue weighted by atomic mass is 31.2. The molecule has 0 bridgehead atoms. The van der Waals surface area contributed by atoms with Crippen LogP contribution in [0.2, 0.25) is 0 Å². The summed E-state index contributed by atoms with van der Waals surface area (Å²) in [6, 6.07) is 0. The summed E-state index contributed by atoms with van der Waals surface area (Å²) in [7, 11) is -4.46. The molecule has 15 heteroatoms. The molecule has 2 heterocycles. The van der Waals surface area contributed by atoms with Gasteiger partial charge >= 0.3 is 0 Å². The maximum absolute atomic E-state index is 12.4. The van der Waals surface area contributed by atoms with Crippen molar-refractivity contribution in [3.8, 4) is 0 Å². The van der Waals surface area contributed by atoms with Gasteiger partial charge < -0.3 is 68.8 Å². The number of unbranched alkanes of at least 4 members (excludes halogenated alkanes) is 6. The van der Waals surface area contributed by atoms with E-state index in [2.05, 4.69) is 27.4 Å². The van der Waals surface area contributed by atoms with Crippen molar-refractivity contribution in [2.24, 2.45) is 0 Å². The van der Waals surface area contributed by atoms with Crippen LogP contribution in [-0.2, 0) is 23.3 Å². The van der Waals surface area contributed by atoms with Crippen LogP contribution in [0.3, 0.4) is 0 Å². The van der Waals surface area contributed by atoms with Crippen molar-refractivity contribution in [2.45, 2.75) is 127 Å². The van der Waals surface area contributed by atoms with Crippen LogP contribution in [0.15, 0.2) is 12.7 Å². The zero-order chi connectivity index (χ0) is 33.3. The van der Waals surface area contributed by atoms with Crippen LogP contribution < -0.4 is 9.79 Å². The summed E-state index contributed by atoms with van der Waals surface area (Å²) in [6.07, 6.45) is -8.33. The number of hydrogen-bond donors (Lipinski definition) is 8. The van der Waals surface area contributed by atoms with E-state index < -0.39 is 88.2 Å². The first-order valence-corrected chi connectivity index (χ1v) is 17.6. The Morgan fingerprint density at radius 3 is 1.84 bits per heavy atom. The van der Waals surface area contributed by atoms with Crippen molar-refractivity contribution in [3.05, 3.63) is 12.7 Å². The van der Waals surface area contributed by atoms with E-state index in [-0.39, 0.29) is 6.61 Å². The Kier molecular flexibility index (Phi) is 20.8. The Morgan fingerprint density at radius 1 is 0.773 bits per heavy atom. The Hall–Kier alpha value is -0.550. The van der Waals surface area contributed by atoms with Crippen LogP contribution in [0, 0.1) is 0 Å². The number of quaternary nitrogens is 1. The van der Waals surface area contributed by atoms with Gasteiger partial charge in [0.25, 0.3) is 0 Å². The quantitative estimate of drug-likeness (QED) is 0.0431. The van der Waals surface area contributed by atoms with E-state index in [4.69, 9.17) is 18.7 Å². The average Bonchev–Trinajstić information content (AvgIpc) is 3.01. The first-order chi connectivity index (χ1) is 20.9. The lowest BCUT2D eigenvalue weighted by atomic mass is 9.95. The summed E-state index contributed by atoms with van der Waals surface area (Å²) in [5.41, 5.74) is 0. The standard InChI is InChI=1S/C23H43O13P.C6H15N/c1-2-3-4-5-6-7-8-9-10-33-37(31,32)13-16-18(27)20(29)22(15(12-25)34-16)36-23-21(30)19(28)17(26)14(11-24)35-23;1-4-7(5-2)6-3/h2,14-30H,1,3-13H2,(H,31,32);4-6H2,1-3H3/t14-,15-,16-,17+,18-,19+,20-,21-,22-,23+;/m1./s1. The molecule has 8 N–H and O–H groups in total. The molecule has 0 saturated carbocycles. The lowest BCUT2D eigenvalue weighted by Gasteiger charge is -2.46. The molecule has 0 spiro atoms. The molecule has 0 amide bonds. The molecule has 0 aromatic heterocycles. The van der Waals surface area contributed by atoms with E-state index in [0.717, 1.165) is 38.5 Å². The largest absolute Gasteiger partial charge is 0.778 e. The van der Waals surface area contributed by atoms with Gasteiger partial charge in [-0.3, -0.25) is 0 Å². The smallest absolute Gasteiger partial charge is 0.187 e. The molecule has 262 valence electrons. The predicted octanol–water partition coefficient (Wildman–Crippen LogP) is -1.93. The van der Waals surface area contributed by atoms with E-state index in [0.29, 0.717) is 6.42 Å². The van der Waals surface area contributed by atoms with Gasteiger partial charge in [-0.25, -0.2) is 0 Å². The second kappa shape index (κ2) is 22.1. The van der Waals surface area contributed by atoms with Gasteiger partial charge in [-0.05, 0) is 40.0 Å². The van der Waals surface area contributed by atoms with Gasteiger partial charge in [-0.15, -0.1) is 6.58 Å². The lowest BCUT2D eigenvalue weighted by molar-refractivity contribution is -0.894. The van der Waals surface area contributed by atoms with Gasteiger partial charge in [0.2, 0.25) is 0 Å². The van der Waals surface area contributed by atoms with Gasteiger partial charge in [0.1, 0.15) is 56.4 Å². The zero-order valence-electron chi connectivity index (χ0n) is 26.5. The van der Waals surface area contributed by atoms with Crippen molar-refractivity contribution in [1.82, 2.24) is 0 Å². The fourth-order valence-corrected chi connectivity index (χ4v) is 6.40. The Balaban J connectivity index is 0.00000123. The Bertz CT molecular complexity index is 798. The minimum Gasteiger partial charge on any atom is -0.778 e. The molecule has 2 fully saturated rings. The van der Waals surface area contributed by atoms with E-state index in [1.54, 1.807) is 4.90 Å². The van der Waals surface area contributed by atoms with Crippen molar-refractivity contribution >= 4 is 7.60 Å². The van der Waals surface area contributed by atoms with Gasteiger partial charge in [-0.2, -0.15) is 0 Å². The predicted molar refractivity (Wildman–Crippen MR) is 160 cm³/mol. The molecular weight excluding hydrogens is 601 g/mol. The van der Waals surface area contributed by atoms with Crippen molar-refractivity contribution < 1.29 is 68.8 Å². The average molecular weight is 660 g/mol. The minimum absolute atomic E-state index is 0.0227. The highest BCUT2D eigenvalue weighted by Gasteiger charge is 2.50. The van der Waals surface area contributed by atoms with Crippen molar-refractivity contribution in [1.29, 1.82) is 0 Å². The number of aliphatic hydroxyl groups excluding tert-OH is 7. The molecule has 0 aliphatic carbocycles. The van der Waals surface area contributed by atoms with Crippen molar-refractivity contribution in [2.75, 3.05) is 45.6 Å². The third kappa shape index (κ3) is 13.7. The first kappa shape index (κ1) is 41.5. The summed E-state index contributed by atoms with van der Waals surface area (Å²) in [4.78, 5) is 14.1. The molecule has 2 aliphatic rings. The van der Waals surface area contributed by atoms with Gasteiger partial charge in [0.05, 0.1) is 45.6 Å². The van der Waals surface area contributed by atoms with Crippen molar-refractivity contribution in [3.63, 3.8) is 0 Å². The molecule has 2 aliphatic heterocycles. The van der Waals surface area contributed by atoms with Crippen LogP contribution in [0.5, 0.6) is 0 Å². The third-order valence-corrected chi connectivity index (χ3v) is 9.48. The van der Waals surface area contributed by atoms with E-state index in [1.807, 2.05) is 6.08 Å². The fraction of sp³-hybridized carbons (Fsp3) is 0.931. The molecule has 0 aromatic rings. The Morgan fingerprint density at radius 2 is 1.32 bits per heavy atom. The maximum atomic E-state index is 12.4. The van der Waals surface area contributed by atoms with Crippen LogP contribution in [-0.4, -0.2) is 143 Å². The summed E-state index contributed by atoms with van der Waals surface area (Å²) in [5.74, 6) is 0. The van der Waals surface area contributed by atoms with E-state index in [9.17, 15) is 45.2 Å². The summed E-state index contributed by atoms with van der Waals surface area (Å²) in [6.45, 7) is 12.7. The van der Waals surface area contributed by atoms with Crippen LogP contribution in [0.25, 0.3) is 0 Å². The number of hydrogen-bond acceptors (Lipinski definition) is 13. The summed E-state index contributed by atoms with van der Waals surface area (Å²) in [5, 5.41) is 70.2. The SMILES string of the molecule is C=CCCCCCCCCOP(=O)([O-])C[C@H]1O[C@H](CO)[C@@H](O[C@@H]2O[C@H](CO)[C@H](O)[C@H](O)[C@H]2O)[C@H](O)[C@@H]1O.CC[NH+](CC)CC. The second-order valence-electron chi connectivity index (χ2n) is 11.3. The minimum atomic E-state index is -4.46. The molecule has 2 saturated heterocycles. The maximum Gasteiger partial charge on any atom is 0.187 e. The summed E-state index contributed by atoms with van der Waals surface area (Å²) < 4.78 is 33.6. The monoisotopic (exact) mass is 659 g/mol. The van der Waals surface area contributed by atoms with Gasteiger partial charge in [0, 0.05) is 6.16 Å². The van der Waals surface area contributed by atoms with Crippen LogP contribution in [0.1, 0.15) is 65.7 Å². The second-order valence-corrected chi connectivity index (χ2v) is 13.2. The summed E-state index contributed by atoms with van der Waals surface area (Å²) >= 11 is 0. The van der Waals surface area contributed by atoms with Gasteiger partial charge in [0.15, 0.2) is 6.29 Å². The molecule has 44 heavy (non-hydrogen) atoms. The highest BCUT2D eigenvalue weighted by Crippen LogP contribution is 2.41. The normalized spacial score (nSPS) is 33.8. The van der Waals surface area contributed by atoms with E-state index in [1.165, 1.54) is 19.6 Å². The topological polar surface area (TPSA) is 223 Å². The molecule has 0 radical (unpaired) electrons. The fourth-order valence-electron chi connectivity index (χ4n) is 5.14. The molecule has 11 atom stereocenters. The molecule has 0 aromatic carbocycles. The number of aliphatic hydroxyl groups is 7. The van der Waals surface area contributed by atoms with E-state index >= 15 is 0 Å². The number of ether oxygens (including phenoxy) is 3. The number of rotatable bonds is 19. The lowest BCUT2D eigenvalue weighted by Crippen LogP contribution is -3.11. The molecular formula is C29H58NO13P. The van der Waals surface area contributed by atoms with Crippen LogP contribution >= 0.6 is 7.60 Å².